The Balaban J connectivity index is 1.66. The van der Waals surface area contributed by atoms with Crippen molar-refractivity contribution >= 4 is 5.91 Å². The van der Waals surface area contributed by atoms with Crippen molar-refractivity contribution in [2.45, 2.75) is 26.5 Å². The summed E-state index contributed by atoms with van der Waals surface area (Å²) in [6.45, 7) is 5.30. The van der Waals surface area contributed by atoms with E-state index in [-0.39, 0.29) is 12.5 Å². The minimum atomic E-state index is -0.714. The fourth-order valence-electron chi connectivity index (χ4n) is 2.97. The van der Waals surface area contributed by atoms with Crippen LogP contribution in [0.5, 0.6) is 0 Å². The number of aromatic nitrogens is 2. The van der Waals surface area contributed by atoms with E-state index in [0.717, 1.165) is 16.7 Å². The quantitative estimate of drug-likeness (QED) is 0.700. The van der Waals surface area contributed by atoms with Gasteiger partial charge in [-0.2, -0.15) is 5.10 Å². The number of hydrogen-bond donors (Lipinski definition) is 1. The molecule has 0 saturated heterocycles. The first-order chi connectivity index (χ1) is 13.1. The number of likely N-dealkylation sites (N-methyl/N-ethyl adjacent to an activating group) is 1. The standard InChI is InChI=1S/C22H25N3O2/c1-3-24(16-21(26)19-11-9-17(2)10-12-19)22(27)20-13-23-25(15-20)14-18-7-5-4-6-8-18/h4-13,15,21,26H,3,14,16H2,1-2H3/t21-/m0/s1. The van der Waals surface area contributed by atoms with Gasteiger partial charge in [0.05, 0.1) is 31.0 Å². The minimum absolute atomic E-state index is 0.122. The molecule has 2 aromatic carbocycles. The Morgan fingerprint density at radius 3 is 2.52 bits per heavy atom. The Hall–Kier alpha value is -2.92. The molecule has 0 aliphatic carbocycles. The second kappa shape index (κ2) is 8.64. The first kappa shape index (κ1) is 18.9. The van der Waals surface area contributed by atoms with Crippen molar-refractivity contribution in [1.82, 2.24) is 14.7 Å². The van der Waals surface area contributed by atoms with E-state index in [1.807, 2.05) is 68.4 Å². The van der Waals surface area contributed by atoms with Crippen LogP contribution in [0.15, 0.2) is 67.0 Å². The van der Waals surface area contributed by atoms with E-state index in [2.05, 4.69) is 5.10 Å². The number of carbonyl (C=O) groups is 1. The molecule has 0 bridgehead atoms. The molecule has 0 aliphatic heterocycles. The molecule has 1 heterocycles. The molecule has 5 nitrogen and oxygen atoms in total. The lowest BCUT2D eigenvalue weighted by Crippen LogP contribution is -2.34. The summed E-state index contributed by atoms with van der Waals surface area (Å²) in [7, 11) is 0. The molecule has 1 N–H and O–H groups in total. The Morgan fingerprint density at radius 2 is 1.85 bits per heavy atom. The molecule has 0 fully saturated rings. The Labute approximate surface area is 159 Å². The summed E-state index contributed by atoms with van der Waals surface area (Å²) in [5, 5.41) is 14.8. The normalized spacial score (nSPS) is 12.0. The third kappa shape index (κ3) is 4.83. The molecule has 1 atom stereocenters. The molecular formula is C22H25N3O2. The van der Waals surface area contributed by atoms with Crippen LogP contribution >= 0.6 is 0 Å². The van der Waals surface area contributed by atoms with Crippen molar-refractivity contribution in [3.63, 3.8) is 0 Å². The number of nitrogens with zero attached hydrogens (tertiary/aromatic N) is 3. The van der Waals surface area contributed by atoms with Crippen molar-refractivity contribution in [2.24, 2.45) is 0 Å². The lowest BCUT2D eigenvalue weighted by molar-refractivity contribution is 0.0635. The monoisotopic (exact) mass is 363 g/mol. The maximum Gasteiger partial charge on any atom is 0.257 e. The molecule has 27 heavy (non-hydrogen) atoms. The zero-order chi connectivity index (χ0) is 19.2. The summed E-state index contributed by atoms with van der Waals surface area (Å²) in [6.07, 6.45) is 2.64. The van der Waals surface area contributed by atoms with E-state index in [9.17, 15) is 9.90 Å². The van der Waals surface area contributed by atoms with Crippen LogP contribution in [0.1, 0.15) is 40.1 Å². The zero-order valence-electron chi connectivity index (χ0n) is 15.7. The van der Waals surface area contributed by atoms with Crippen LogP contribution in [-0.4, -0.2) is 38.8 Å². The average molecular weight is 363 g/mol. The molecule has 5 heteroatoms. The van der Waals surface area contributed by atoms with E-state index >= 15 is 0 Å². The Morgan fingerprint density at radius 1 is 1.15 bits per heavy atom. The SMILES string of the molecule is CCN(C[C@H](O)c1ccc(C)cc1)C(=O)c1cnn(Cc2ccccc2)c1. The predicted molar refractivity (Wildman–Crippen MR) is 105 cm³/mol. The summed E-state index contributed by atoms with van der Waals surface area (Å²) < 4.78 is 1.76. The van der Waals surface area contributed by atoms with Gasteiger partial charge < -0.3 is 10.0 Å². The maximum atomic E-state index is 12.8. The predicted octanol–water partition coefficient (Wildman–Crippen LogP) is 3.44. The number of aliphatic hydroxyl groups excluding tert-OH is 1. The summed E-state index contributed by atoms with van der Waals surface area (Å²) >= 11 is 0. The zero-order valence-corrected chi connectivity index (χ0v) is 15.7. The number of amides is 1. The van der Waals surface area contributed by atoms with Gasteiger partial charge in [-0.3, -0.25) is 9.48 Å². The van der Waals surface area contributed by atoms with Gasteiger partial charge >= 0.3 is 0 Å². The van der Waals surface area contributed by atoms with Crippen molar-refractivity contribution in [3.05, 3.63) is 89.2 Å². The van der Waals surface area contributed by atoms with E-state index in [0.29, 0.717) is 18.7 Å². The molecule has 3 aromatic rings. The number of aliphatic hydroxyl groups is 1. The van der Waals surface area contributed by atoms with Crippen LogP contribution in [-0.2, 0) is 6.54 Å². The first-order valence-electron chi connectivity index (χ1n) is 9.17. The molecular weight excluding hydrogens is 338 g/mol. The lowest BCUT2D eigenvalue weighted by Gasteiger charge is -2.23. The molecule has 140 valence electrons. The van der Waals surface area contributed by atoms with Crippen LogP contribution in [0, 0.1) is 6.92 Å². The van der Waals surface area contributed by atoms with E-state index in [1.54, 1.807) is 22.0 Å². The molecule has 0 radical (unpaired) electrons. The van der Waals surface area contributed by atoms with Crippen LogP contribution < -0.4 is 0 Å². The van der Waals surface area contributed by atoms with Gasteiger partial charge in [0, 0.05) is 12.7 Å². The number of rotatable bonds is 7. The summed E-state index contributed by atoms with van der Waals surface area (Å²) in [5.74, 6) is -0.122. The fourth-order valence-corrected chi connectivity index (χ4v) is 2.97. The molecule has 1 aromatic heterocycles. The Kier molecular flexibility index (Phi) is 6.04. The molecule has 0 unspecified atom stereocenters. The number of hydrogen-bond acceptors (Lipinski definition) is 3. The highest BCUT2D eigenvalue weighted by atomic mass is 16.3. The number of benzene rings is 2. The summed E-state index contributed by atoms with van der Waals surface area (Å²) in [6, 6.07) is 17.7. The van der Waals surface area contributed by atoms with Gasteiger partial charge in [-0.25, -0.2) is 0 Å². The van der Waals surface area contributed by atoms with Crippen LogP contribution in [0.25, 0.3) is 0 Å². The van der Waals surface area contributed by atoms with Crippen LogP contribution in [0.3, 0.4) is 0 Å². The highest BCUT2D eigenvalue weighted by molar-refractivity contribution is 5.93. The fraction of sp³-hybridized carbons (Fsp3) is 0.273. The highest BCUT2D eigenvalue weighted by Gasteiger charge is 2.20. The van der Waals surface area contributed by atoms with Gasteiger partial charge in [0.25, 0.3) is 5.91 Å². The minimum Gasteiger partial charge on any atom is -0.387 e. The number of carbonyl (C=O) groups excluding carboxylic acids is 1. The third-order valence-electron chi connectivity index (χ3n) is 4.59. The third-order valence-corrected chi connectivity index (χ3v) is 4.59. The van der Waals surface area contributed by atoms with Gasteiger partial charge in [-0.1, -0.05) is 60.2 Å². The first-order valence-corrected chi connectivity index (χ1v) is 9.17. The second-order valence-electron chi connectivity index (χ2n) is 6.68. The lowest BCUT2D eigenvalue weighted by atomic mass is 10.1. The van der Waals surface area contributed by atoms with Crippen molar-refractivity contribution in [1.29, 1.82) is 0 Å². The largest absolute Gasteiger partial charge is 0.387 e. The van der Waals surface area contributed by atoms with Gasteiger partial charge in [-0.15, -0.1) is 0 Å². The molecule has 3 rings (SSSR count). The molecule has 0 saturated carbocycles. The number of aryl methyl sites for hydroxylation is 1. The topological polar surface area (TPSA) is 58.4 Å². The average Bonchev–Trinajstić information content (AvgIpc) is 3.15. The highest BCUT2D eigenvalue weighted by Crippen LogP contribution is 2.16. The van der Waals surface area contributed by atoms with Gasteiger partial charge in [0.1, 0.15) is 0 Å². The van der Waals surface area contributed by atoms with Gasteiger partial charge in [0.15, 0.2) is 0 Å². The molecule has 0 aliphatic rings. The van der Waals surface area contributed by atoms with Gasteiger partial charge in [-0.05, 0) is 25.0 Å². The smallest absolute Gasteiger partial charge is 0.257 e. The summed E-state index contributed by atoms with van der Waals surface area (Å²) in [4.78, 5) is 14.5. The van der Waals surface area contributed by atoms with Crippen LogP contribution in [0.4, 0.5) is 0 Å². The second-order valence-corrected chi connectivity index (χ2v) is 6.68. The van der Waals surface area contributed by atoms with E-state index < -0.39 is 6.10 Å². The van der Waals surface area contributed by atoms with E-state index in [1.165, 1.54) is 0 Å². The van der Waals surface area contributed by atoms with E-state index in [4.69, 9.17) is 0 Å². The van der Waals surface area contributed by atoms with Crippen molar-refractivity contribution < 1.29 is 9.90 Å². The van der Waals surface area contributed by atoms with Crippen molar-refractivity contribution in [3.8, 4) is 0 Å². The maximum absolute atomic E-state index is 12.8. The molecule has 1 amide bonds. The van der Waals surface area contributed by atoms with Crippen LogP contribution in [0.2, 0.25) is 0 Å². The van der Waals surface area contributed by atoms with Gasteiger partial charge in [0.2, 0.25) is 0 Å². The Bertz CT molecular complexity index is 872. The molecule has 0 spiro atoms. The van der Waals surface area contributed by atoms with Crippen molar-refractivity contribution in [2.75, 3.05) is 13.1 Å². The summed E-state index contributed by atoms with van der Waals surface area (Å²) in [5.41, 5.74) is 3.61.